The first-order valence-electron chi connectivity index (χ1n) is 8.31. The van der Waals surface area contributed by atoms with Crippen LogP contribution in [0.25, 0.3) is 0 Å². The molecule has 0 aliphatic rings. The second kappa shape index (κ2) is 8.87. The lowest BCUT2D eigenvalue weighted by molar-refractivity contribution is -0.119. The van der Waals surface area contributed by atoms with Gasteiger partial charge in [0, 0.05) is 5.69 Å². The van der Waals surface area contributed by atoms with E-state index in [-0.39, 0.29) is 12.5 Å². The molecule has 0 fully saturated rings. The van der Waals surface area contributed by atoms with E-state index in [0.717, 1.165) is 22.7 Å². The van der Waals surface area contributed by atoms with Gasteiger partial charge in [0.1, 0.15) is 5.75 Å². The van der Waals surface area contributed by atoms with Gasteiger partial charge in [-0.15, -0.1) is 0 Å². The van der Waals surface area contributed by atoms with E-state index in [2.05, 4.69) is 41.8 Å². The highest BCUT2D eigenvalue weighted by atomic mass is 16.5. The highest BCUT2D eigenvalue weighted by Gasteiger charge is 2.03. The summed E-state index contributed by atoms with van der Waals surface area (Å²) in [6.45, 7) is 6.34. The fourth-order valence-corrected chi connectivity index (χ4v) is 2.25. The van der Waals surface area contributed by atoms with E-state index >= 15 is 0 Å². The van der Waals surface area contributed by atoms with Gasteiger partial charge in [0.25, 0.3) is 5.91 Å². The van der Waals surface area contributed by atoms with E-state index in [4.69, 9.17) is 4.74 Å². The van der Waals surface area contributed by atoms with Gasteiger partial charge in [-0.3, -0.25) is 4.79 Å². The molecule has 5 heteroatoms. The second-order valence-electron chi connectivity index (χ2n) is 6.09. The Hall–Kier alpha value is -2.82. The van der Waals surface area contributed by atoms with Gasteiger partial charge in [0.05, 0.1) is 19.4 Å². The molecule has 0 unspecified atom stereocenters. The Kier molecular flexibility index (Phi) is 6.57. The lowest BCUT2D eigenvalue weighted by Crippen LogP contribution is -2.26. The number of carbonyl (C=O) groups excluding carboxylic acids is 1. The van der Waals surface area contributed by atoms with Crippen molar-refractivity contribution in [2.75, 3.05) is 19.0 Å². The first-order valence-corrected chi connectivity index (χ1v) is 8.31. The van der Waals surface area contributed by atoms with Crippen molar-refractivity contribution < 1.29 is 9.53 Å². The first-order chi connectivity index (χ1) is 12.0. The zero-order chi connectivity index (χ0) is 18.2. The summed E-state index contributed by atoms with van der Waals surface area (Å²) >= 11 is 0. The normalized spacial score (nSPS) is 11.3. The average Bonchev–Trinajstić information content (AvgIpc) is 2.64. The average molecular weight is 339 g/mol. The largest absolute Gasteiger partial charge is 0.497 e. The Bertz CT molecular complexity index is 720. The molecule has 132 valence electrons. The molecule has 0 atom stereocenters. The van der Waals surface area contributed by atoms with E-state index in [1.54, 1.807) is 7.11 Å². The number of nitrogens with one attached hydrogen (secondary N) is 2. The van der Waals surface area contributed by atoms with Crippen molar-refractivity contribution >= 4 is 17.3 Å². The van der Waals surface area contributed by atoms with Crippen LogP contribution in [0.1, 0.15) is 37.8 Å². The molecule has 0 saturated carbocycles. The van der Waals surface area contributed by atoms with Crippen LogP contribution in [0.15, 0.2) is 53.6 Å². The molecule has 0 bridgehead atoms. The predicted molar refractivity (Wildman–Crippen MR) is 102 cm³/mol. The van der Waals surface area contributed by atoms with Crippen molar-refractivity contribution in [3.63, 3.8) is 0 Å². The van der Waals surface area contributed by atoms with E-state index in [9.17, 15) is 4.79 Å². The van der Waals surface area contributed by atoms with Crippen molar-refractivity contribution in [2.45, 2.75) is 26.7 Å². The van der Waals surface area contributed by atoms with Gasteiger partial charge in [-0.05, 0) is 48.2 Å². The Morgan fingerprint density at radius 3 is 2.28 bits per heavy atom. The minimum atomic E-state index is -0.200. The number of hydrogen-bond donors (Lipinski definition) is 2. The molecule has 0 saturated heterocycles. The standard InChI is InChI=1S/C20H25N3O2/c1-14(2)16-5-7-17(8-6-16)15(3)22-23-20(24)13-21-18-9-11-19(25-4)12-10-18/h5-12,14,21H,13H2,1-4H3,(H,23,24)/b22-15-. The van der Waals surface area contributed by atoms with Gasteiger partial charge in [0.15, 0.2) is 0 Å². The summed E-state index contributed by atoms with van der Waals surface area (Å²) in [5, 5.41) is 7.21. The molecule has 0 aliphatic carbocycles. The number of hydrazone groups is 1. The van der Waals surface area contributed by atoms with Crippen LogP contribution in [0, 0.1) is 0 Å². The summed E-state index contributed by atoms with van der Waals surface area (Å²) in [7, 11) is 1.62. The van der Waals surface area contributed by atoms with E-state index < -0.39 is 0 Å². The van der Waals surface area contributed by atoms with Crippen molar-refractivity contribution in [3.05, 3.63) is 59.7 Å². The molecule has 2 N–H and O–H groups in total. The monoisotopic (exact) mass is 339 g/mol. The summed E-state index contributed by atoms with van der Waals surface area (Å²) in [4.78, 5) is 11.9. The molecular weight excluding hydrogens is 314 g/mol. The Morgan fingerprint density at radius 2 is 1.72 bits per heavy atom. The zero-order valence-electron chi connectivity index (χ0n) is 15.2. The first kappa shape index (κ1) is 18.5. The van der Waals surface area contributed by atoms with Crippen molar-refractivity contribution in [3.8, 4) is 5.75 Å². The van der Waals surface area contributed by atoms with Gasteiger partial charge in [-0.2, -0.15) is 5.10 Å². The number of nitrogens with zero attached hydrogens (tertiary/aromatic N) is 1. The van der Waals surface area contributed by atoms with Gasteiger partial charge >= 0.3 is 0 Å². The number of methoxy groups -OCH3 is 1. The maximum atomic E-state index is 11.9. The van der Waals surface area contributed by atoms with Gasteiger partial charge in [-0.1, -0.05) is 38.1 Å². The Morgan fingerprint density at radius 1 is 1.08 bits per heavy atom. The maximum absolute atomic E-state index is 11.9. The lowest BCUT2D eigenvalue weighted by Gasteiger charge is -2.08. The SMILES string of the molecule is COc1ccc(NCC(=O)N/N=C(/C)c2ccc(C(C)C)cc2)cc1. The highest BCUT2D eigenvalue weighted by Crippen LogP contribution is 2.15. The molecule has 0 heterocycles. The second-order valence-corrected chi connectivity index (χ2v) is 6.09. The van der Waals surface area contributed by atoms with Crippen LogP contribution in [-0.4, -0.2) is 25.3 Å². The molecule has 0 radical (unpaired) electrons. The number of amides is 1. The molecule has 5 nitrogen and oxygen atoms in total. The third-order valence-corrected chi connectivity index (χ3v) is 3.89. The number of anilines is 1. The number of ether oxygens (including phenoxy) is 1. The molecule has 2 rings (SSSR count). The zero-order valence-corrected chi connectivity index (χ0v) is 15.2. The Balaban J connectivity index is 1.85. The smallest absolute Gasteiger partial charge is 0.259 e. The van der Waals surface area contributed by atoms with Crippen LogP contribution >= 0.6 is 0 Å². The minimum Gasteiger partial charge on any atom is -0.497 e. The van der Waals surface area contributed by atoms with Crippen LogP contribution in [0.2, 0.25) is 0 Å². The molecule has 2 aromatic rings. The summed E-state index contributed by atoms with van der Waals surface area (Å²) in [5.41, 5.74) is 6.47. The summed E-state index contributed by atoms with van der Waals surface area (Å²) < 4.78 is 5.10. The fourth-order valence-electron chi connectivity index (χ4n) is 2.25. The molecule has 25 heavy (non-hydrogen) atoms. The van der Waals surface area contributed by atoms with Crippen molar-refractivity contribution in [2.24, 2.45) is 5.10 Å². The minimum absolute atomic E-state index is 0.148. The Labute approximate surface area is 149 Å². The maximum Gasteiger partial charge on any atom is 0.259 e. The van der Waals surface area contributed by atoms with Gasteiger partial charge in [-0.25, -0.2) is 5.43 Å². The van der Waals surface area contributed by atoms with Crippen LogP contribution in [-0.2, 0) is 4.79 Å². The third-order valence-electron chi connectivity index (χ3n) is 3.89. The third kappa shape index (κ3) is 5.64. The number of carbonyl (C=O) groups is 1. The van der Waals surface area contributed by atoms with Crippen molar-refractivity contribution in [1.82, 2.24) is 5.43 Å². The lowest BCUT2D eigenvalue weighted by atomic mass is 10.0. The van der Waals surface area contributed by atoms with Crippen LogP contribution in [0.5, 0.6) is 5.75 Å². The summed E-state index contributed by atoms with van der Waals surface area (Å²) in [5.74, 6) is 1.07. The van der Waals surface area contributed by atoms with E-state index in [1.807, 2.05) is 43.3 Å². The quantitative estimate of drug-likeness (QED) is 0.596. The van der Waals surface area contributed by atoms with Gasteiger partial charge < -0.3 is 10.1 Å². The van der Waals surface area contributed by atoms with E-state index in [0.29, 0.717) is 5.92 Å². The molecular formula is C20H25N3O2. The number of rotatable bonds is 7. The number of hydrogen-bond acceptors (Lipinski definition) is 4. The van der Waals surface area contributed by atoms with Crippen molar-refractivity contribution in [1.29, 1.82) is 0 Å². The van der Waals surface area contributed by atoms with Crippen LogP contribution in [0.4, 0.5) is 5.69 Å². The highest BCUT2D eigenvalue weighted by molar-refractivity contribution is 5.99. The molecule has 1 amide bonds. The predicted octanol–water partition coefficient (Wildman–Crippen LogP) is 3.77. The van der Waals surface area contributed by atoms with E-state index in [1.165, 1.54) is 5.56 Å². The molecule has 0 spiro atoms. The van der Waals surface area contributed by atoms with Gasteiger partial charge in [0.2, 0.25) is 0 Å². The summed E-state index contributed by atoms with van der Waals surface area (Å²) in [6, 6.07) is 15.6. The van der Waals surface area contributed by atoms with Crippen LogP contribution in [0.3, 0.4) is 0 Å². The molecule has 0 aromatic heterocycles. The number of benzene rings is 2. The van der Waals surface area contributed by atoms with Crippen LogP contribution < -0.4 is 15.5 Å². The summed E-state index contributed by atoms with van der Waals surface area (Å²) in [6.07, 6.45) is 0. The topological polar surface area (TPSA) is 62.7 Å². The molecule has 2 aromatic carbocycles. The fraction of sp³-hybridized carbons (Fsp3) is 0.300. The molecule has 0 aliphatic heterocycles.